The zero-order valence-electron chi connectivity index (χ0n) is 19.6. The summed E-state index contributed by atoms with van der Waals surface area (Å²) in [6.07, 6.45) is 1.10. The zero-order valence-corrected chi connectivity index (χ0v) is 20.4. The van der Waals surface area contributed by atoms with E-state index in [1.165, 1.54) is 31.3 Å². The Bertz CT molecular complexity index is 1490. The van der Waals surface area contributed by atoms with Gasteiger partial charge in [-0.3, -0.25) is 4.79 Å². The summed E-state index contributed by atoms with van der Waals surface area (Å²) in [5.74, 6) is -0.0185. The van der Waals surface area contributed by atoms with Crippen LogP contribution in [0.4, 0.5) is 10.1 Å². The summed E-state index contributed by atoms with van der Waals surface area (Å²) in [7, 11) is -1.86. The fourth-order valence-electron chi connectivity index (χ4n) is 3.60. The number of halogens is 1. The van der Waals surface area contributed by atoms with Crippen LogP contribution in [0.5, 0.6) is 5.75 Å². The zero-order chi connectivity index (χ0) is 25.3. The van der Waals surface area contributed by atoms with Crippen molar-refractivity contribution in [2.75, 3.05) is 24.5 Å². The van der Waals surface area contributed by atoms with Crippen LogP contribution in [0.3, 0.4) is 0 Å². The second-order valence-corrected chi connectivity index (χ2v) is 10.2. The van der Waals surface area contributed by atoms with Crippen LogP contribution >= 0.6 is 0 Å². The Kier molecular flexibility index (Phi) is 6.53. The van der Waals surface area contributed by atoms with Gasteiger partial charge < -0.3 is 24.3 Å². The molecule has 11 heteroatoms. The summed E-state index contributed by atoms with van der Waals surface area (Å²) >= 11 is 0. The first-order valence-electron chi connectivity index (χ1n) is 10.6. The second-order valence-electron chi connectivity index (χ2n) is 8.07. The molecule has 0 unspecified atom stereocenters. The highest BCUT2D eigenvalue weighted by Gasteiger charge is 2.24. The molecule has 0 fully saturated rings. The molecule has 0 aliphatic rings. The number of carbonyl (C=O) groups excluding carboxylic acids is 1. The van der Waals surface area contributed by atoms with E-state index in [1.807, 2.05) is 0 Å². The Morgan fingerprint density at radius 2 is 1.89 bits per heavy atom. The minimum absolute atomic E-state index is 0.109. The molecule has 0 spiro atoms. The SMILES string of the molecule is CNC(=O)c1c(-c2ccc(F)cc2)oc2cc(NCS(C)(=O)=O)c(OCc3c(C)noc3C)cc12. The molecule has 2 aromatic heterocycles. The summed E-state index contributed by atoms with van der Waals surface area (Å²) in [6, 6.07) is 8.75. The van der Waals surface area contributed by atoms with Crippen LogP contribution in [0.1, 0.15) is 27.4 Å². The Balaban J connectivity index is 1.86. The molecule has 2 N–H and O–H groups in total. The molecule has 2 aromatic carbocycles. The quantitative estimate of drug-likeness (QED) is 0.368. The predicted octanol–water partition coefficient (Wildman–Crippen LogP) is 4.20. The highest BCUT2D eigenvalue weighted by molar-refractivity contribution is 7.90. The molecule has 0 bridgehead atoms. The molecule has 2 heterocycles. The molecule has 0 atom stereocenters. The number of hydrogen-bond acceptors (Lipinski definition) is 8. The molecule has 0 saturated carbocycles. The van der Waals surface area contributed by atoms with Crippen LogP contribution in [0.25, 0.3) is 22.3 Å². The van der Waals surface area contributed by atoms with Crippen LogP contribution in [0, 0.1) is 19.7 Å². The van der Waals surface area contributed by atoms with Gasteiger partial charge in [0.05, 0.1) is 22.5 Å². The van der Waals surface area contributed by atoms with Crippen molar-refractivity contribution in [2.24, 2.45) is 0 Å². The summed E-state index contributed by atoms with van der Waals surface area (Å²) in [6.45, 7) is 3.66. The maximum atomic E-state index is 13.5. The van der Waals surface area contributed by atoms with Gasteiger partial charge in [0.2, 0.25) is 0 Å². The summed E-state index contributed by atoms with van der Waals surface area (Å²) in [4.78, 5) is 12.8. The lowest BCUT2D eigenvalue weighted by atomic mass is 10.0. The lowest BCUT2D eigenvalue weighted by Gasteiger charge is -2.13. The third-order valence-electron chi connectivity index (χ3n) is 5.43. The van der Waals surface area contributed by atoms with Crippen molar-refractivity contribution < 1.29 is 31.3 Å². The molecule has 4 aromatic rings. The molecule has 9 nitrogen and oxygen atoms in total. The molecular formula is C24H24FN3O6S. The number of furan rings is 1. The summed E-state index contributed by atoms with van der Waals surface area (Å²) in [5.41, 5.74) is 2.85. The first-order chi connectivity index (χ1) is 16.6. The lowest BCUT2D eigenvalue weighted by Crippen LogP contribution is -2.18. The van der Waals surface area contributed by atoms with Crippen LogP contribution < -0.4 is 15.4 Å². The van der Waals surface area contributed by atoms with Crippen LogP contribution in [0.2, 0.25) is 0 Å². The third kappa shape index (κ3) is 5.14. The predicted molar refractivity (Wildman–Crippen MR) is 129 cm³/mol. The number of amides is 1. The average molecular weight is 502 g/mol. The van der Waals surface area contributed by atoms with Gasteiger partial charge in [-0.05, 0) is 44.2 Å². The number of aryl methyl sites for hydroxylation is 2. The van der Waals surface area contributed by atoms with Gasteiger partial charge in [0.25, 0.3) is 5.91 Å². The smallest absolute Gasteiger partial charge is 0.255 e. The Morgan fingerprint density at radius 1 is 1.17 bits per heavy atom. The molecule has 35 heavy (non-hydrogen) atoms. The van der Waals surface area contributed by atoms with E-state index in [4.69, 9.17) is 13.7 Å². The number of rotatable bonds is 8. The van der Waals surface area contributed by atoms with Crippen molar-refractivity contribution in [2.45, 2.75) is 20.5 Å². The summed E-state index contributed by atoms with van der Waals surface area (Å²) < 4.78 is 54.3. The van der Waals surface area contributed by atoms with Crippen LogP contribution in [0.15, 0.2) is 45.3 Å². The van der Waals surface area contributed by atoms with E-state index in [0.717, 1.165) is 11.8 Å². The minimum Gasteiger partial charge on any atom is -0.487 e. The molecule has 0 saturated heterocycles. The molecule has 1 amide bonds. The monoisotopic (exact) mass is 501 g/mol. The van der Waals surface area contributed by atoms with E-state index < -0.39 is 21.6 Å². The average Bonchev–Trinajstić information content (AvgIpc) is 3.34. The molecule has 184 valence electrons. The van der Waals surface area contributed by atoms with Crippen molar-refractivity contribution in [1.82, 2.24) is 10.5 Å². The number of fused-ring (bicyclic) bond motifs is 1. The third-order valence-corrected chi connectivity index (χ3v) is 6.10. The number of hydrogen-bond donors (Lipinski definition) is 2. The van der Waals surface area contributed by atoms with Crippen molar-refractivity contribution in [1.29, 1.82) is 0 Å². The van der Waals surface area contributed by atoms with Crippen LogP contribution in [-0.2, 0) is 16.4 Å². The van der Waals surface area contributed by atoms with E-state index >= 15 is 0 Å². The van der Waals surface area contributed by atoms with Crippen molar-refractivity contribution >= 4 is 32.4 Å². The topological polar surface area (TPSA) is 124 Å². The largest absolute Gasteiger partial charge is 0.487 e. The fraction of sp³-hybridized carbons (Fsp3) is 0.250. The highest BCUT2D eigenvalue weighted by Crippen LogP contribution is 2.39. The maximum Gasteiger partial charge on any atom is 0.255 e. The van der Waals surface area contributed by atoms with Crippen molar-refractivity contribution in [3.05, 3.63) is 64.8 Å². The first kappa shape index (κ1) is 24.3. The Hall–Kier alpha value is -3.86. The molecule has 0 aliphatic heterocycles. The molecular weight excluding hydrogens is 477 g/mol. The van der Waals surface area contributed by atoms with E-state index in [-0.39, 0.29) is 23.8 Å². The highest BCUT2D eigenvalue weighted by atomic mass is 32.2. The standard InChI is InChI=1S/C24H24FN3O6S/c1-13-18(14(2)34-28-13)11-32-21-9-17-20(10-19(21)27-12-35(4,30)31)33-23(22(17)24(29)26-3)15-5-7-16(25)8-6-15/h5-10,27H,11-12H2,1-4H3,(H,26,29). The molecule has 4 rings (SSSR count). The van der Waals surface area contributed by atoms with Gasteiger partial charge in [-0.25, -0.2) is 12.8 Å². The second kappa shape index (κ2) is 9.41. The van der Waals surface area contributed by atoms with Gasteiger partial charge >= 0.3 is 0 Å². The van der Waals surface area contributed by atoms with E-state index in [0.29, 0.717) is 39.4 Å². The minimum atomic E-state index is -3.35. The molecule has 0 radical (unpaired) electrons. The van der Waals surface area contributed by atoms with Gasteiger partial charge in [0, 0.05) is 30.3 Å². The van der Waals surface area contributed by atoms with Crippen molar-refractivity contribution in [3.63, 3.8) is 0 Å². The Labute approximate surface area is 201 Å². The number of anilines is 1. The number of benzene rings is 2. The maximum absolute atomic E-state index is 13.5. The number of ether oxygens (including phenoxy) is 1. The van der Waals surface area contributed by atoms with Gasteiger partial charge in [0.1, 0.15) is 41.2 Å². The van der Waals surface area contributed by atoms with Crippen molar-refractivity contribution in [3.8, 4) is 17.1 Å². The van der Waals surface area contributed by atoms with E-state index in [1.54, 1.807) is 26.0 Å². The van der Waals surface area contributed by atoms with Gasteiger partial charge in [0.15, 0.2) is 9.84 Å². The number of sulfone groups is 1. The van der Waals surface area contributed by atoms with Gasteiger partial charge in [-0.15, -0.1) is 0 Å². The number of nitrogens with one attached hydrogen (secondary N) is 2. The van der Waals surface area contributed by atoms with Gasteiger partial charge in [-0.1, -0.05) is 5.16 Å². The van der Waals surface area contributed by atoms with E-state index in [9.17, 15) is 17.6 Å². The van der Waals surface area contributed by atoms with E-state index in [2.05, 4.69) is 15.8 Å². The lowest BCUT2D eigenvalue weighted by molar-refractivity contribution is 0.0964. The Morgan fingerprint density at radius 3 is 2.49 bits per heavy atom. The van der Waals surface area contributed by atoms with Gasteiger partial charge in [-0.2, -0.15) is 0 Å². The fourth-order valence-corrected chi connectivity index (χ4v) is 4.02. The normalized spacial score (nSPS) is 11.6. The number of carbonyl (C=O) groups is 1. The van der Waals surface area contributed by atoms with Crippen LogP contribution in [-0.4, -0.2) is 38.7 Å². The number of aromatic nitrogens is 1. The first-order valence-corrected chi connectivity index (χ1v) is 12.7. The molecule has 0 aliphatic carbocycles. The summed E-state index contributed by atoms with van der Waals surface area (Å²) in [5, 5.41) is 9.82. The number of nitrogens with zero attached hydrogens (tertiary/aromatic N) is 1.